The van der Waals surface area contributed by atoms with E-state index in [1.807, 2.05) is 42.5 Å². The summed E-state index contributed by atoms with van der Waals surface area (Å²) in [7, 11) is 3.46. The molecule has 0 atom stereocenters. The first-order chi connectivity index (χ1) is 12.8. The highest BCUT2D eigenvalue weighted by molar-refractivity contribution is 14.0. The van der Waals surface area contributed by atoms with Gasteiger partial charge in [-0.3, -0.25) is 4.99 Å². The van der Waals surface area contributed by atoms with Crippen molar-refractivity contribution in [1.29, 1.82) is 0 Å². The summed E-state index contributed by atoms with van der Waals surface area (Å²) in [6.07, 6.45) is 2.59. The minimum atomic E-state index is 0. The van der Waals surface area contributed by atoms with Crippen LogP contribution in [0.5, 0.6) is 11.5 Å². The van der Waals surface area contributed by atoms with E-state index < -0.39 is 0 Å². The van der Waals surface area contributed by atoms with Gasteiger partial charge in [-0.25, -0.2) is 0 Å². The summed E-state index contributed by atoms with van der Waals surface area (Å²) in [6, 6.07) is 16.0. The van der Waals surface area contributed by atoms with Crippen LogP contribution in [0.4, 0.5) is 0 Å². The zero-order valence-electron chi connectivity index (χ0n) is 15.9. The quantitative estimate of drug-likeness (QED) is 0.248. The molecule has 27 heavy (non-hydrogen) atoms. The van der Waals surface area contributed by atoms with Crippen molar-refractivity contribution >= 4 is 29.9 Å². The molecule has 0 spiro atoms. The fraction of sp³-hybridized carbons (Fsp3) is 0.286. The molecule has 0 fully saturated rings. The molecule has 0 aliphatic rings. The van der Waals surface area contributed by atoms with Crippen LogP contribution in [0.1, 0.15) is 11.1 Å². The minimum Gasteiger partial charge on any atom is -0.496 e. The molecule has 0 aliphatic carbocycles. The summed E-state index contributed by atoms with van der Waals surface area (Å²) < 4.78 is 11.1. The number of methoxy groups -OCH3 is 1. The van der Waals surface area contributed by atoms with Crippen LogP contribution in [-0.2, 0) is 13.0 Å². The van der Waals surface area contributed by atoms with Crippen LogP contribution in [0.2, 0.25) is 0 Å². The Labute approximate surface area is 178 Å². The second-order valence-corrected chi connectivity index (χ2v) is 5.62. The smallest absolute Gasteiger partial charge is 0.191 e. The second-order valence-electron chi connectivity index (χ2n) is 5.62. The number of aliphatic imine (C=N–C) groups is 1. The van der Waals surface area contributed by atoms with Crippen molar-refractivity contribution < 1.29 is 9.47 Å². The van der Waals surface area contributed by atoms with Crippen molar-refractivity contribution in [3.63, 3.8) is 0 Å². The van der Waals surface area contributed by atoms with E-state index in [2.05, 4.69) is 28.3 Å². The maximum absolute atomic E-state index is 5.68. The topological polar surface area (TPSA) is 54.9 Å². The molecule has 0 aromatic heterocycles. The Hall–Kier alpha value is -2.22. The Balaban J connectivity index is 0.00000364. The summed E-state index contributed by atoms with van der Waals surface area (Å²) in [5.41, 5.74) is 2.24. The lowest BCUT2D eigenvalue weighted by atomic mass is 10.1. The molecule has 0 saturated carbocycles. The number of rotatable bonds is 9. The average molecular weight is 481 g/mol. The Morgan fingerprint density at radius 3 is 2.37 bits per heavy atom. The first-order valence-electron chi connectivity index (χ1n) is 8.66. The van der Waals surface area contributed by atoms with Crippen molar-refractivity contribution in [2.75, 3.05) is 27.3 Å². The molecule has 0 aliphatic heterocycles. The van der Waals surface area contributed by atoms with E-state index in [1.54, 1.807) is 20.2 Å². The fourth-order valence-corrected chi connectivity index (χ4v) is 2.56. The number of guanidine groups is 1. The molecule has 0 bridgehead atoms. The Bertz CT molecular complexity index is 735. The molecule has 2 N–H and O–H groups in total. The lowest BCUT2D eigenvalue weighted by Gasteiger charge is -2.15. The van der Waals surface area contributed by atoms with E-state index in [-0.39, 0.29) is 24.0 Å². The van der Waals surface area contributed by atoms with Crippen molar-refractivity contribution in [1.82, 2.24) is 10.6 Å². The number of benzene rings is 2. The van der Waals surface area contributed by atoms with Crippen molar-refractivity contribution in [2.45, 2.75) is 13.0 Å². The van der Waals surface area contributed by atoms with Gasteiger partial charge in [0.15, 0.2) is 5.96 Å². The molecule has 5 nitrogen and oxygen atoms in total. The first kappa shape index (κ1) is 22.8. The Kier molecular flexibility index (Phi) is 11.0. The predicted octanol–water partition coefficient (Wildman–Crippen LogP) is 3.79. The van der Waals surface area contributed by atoms with E-state index in [4.69, 9.17) is 9.47 Å². The monoisotopic (exact) mass is 481 g/mol. The third-order valence-corrected chi connectivity index (χ3v) is 3.88. The van der Waals surface area contributed by atoms with Crippen LogP contribution in [0, 0.1) is 0 Å². The van der Waals surface area contributed by atoms with E-state index in [0.29, 0.717) is 13.2 Å². The molecular formula is C21H28IN3O2. The molecule has 0 unspecified atom stereocenters. The maximum atomic E-state index is 5.68. The average Bonchev–Trinajstić information content (AvgIpc) is 2.69. The first-order valence-corrected chi connectivity index (χ1v) is 8.66. The Morgan fingerprint density at radius 1 is 1.04 bits per heavy atom. The largest absolute Gasteiger partial charge is 0.496 e. The summed E-state index contributed by atoms with van der Waals surface area (Å²) >= 11 is 0. The minimum absolute atomic E-state index is 0. The Morgan fingerprint density at radius 2 is 1.70 bits per heavy atom. The van der Waals surface area contributed by atoms with E-state index in [1.165, 1.54) is 5.56 Å². The zero-order chi connectivity index (χ0) is 18.6. The molecular weight excluding hydrogens is 453 g/mol. The molecule has 0 radical (unpaired) electrons. The SMILES string of the molecule is C=CCOc1ccccc1CNC(=NC)NCCc1ccccc1OC.I. The van der Waals surface area contributed by atoms with Crippen molar-refractivity contribution in [3.05, 3.63) is 72.3 Å². The van der Waals surface area contributed by atoms with Crippen molar-refractivity contribution in [3.8, 4) is 11.5 Å². The van der Waals surface area contributed by atoms with Gasteiger partial charge in [-0.05, 0) is 24.1 Å². The highest BCUT2D eigenvalue weighted by atomic mass is 127. The molecule has 2 aromatic carbocycles. The van der Waals surface area contributed by atoms with Gasteiger partial charge >= 0.3 is 0 Å². The number of halogens is 1. The fourth-order valence-electron chi connectivity index (χ4n) is 2.56. The van der Waals surface area contributed by atoms with E-state index in [0.717, 1.165) is 36.0 Å². The van der Waals surface area contributed by atoms with Gasteiger partial charge in [0.2, 0.25) is 0 Å². The number of nitrogens with one attached hydrogen (secondary N) is 2. The van der Waals surface area contributed by atoms with Gasteiger partial charge in [0.05, 0.1) is 7.11 Å². The third-order valence-electron chi connectivity index (χ3n) is 3.88. The highest BCUT2D eigenvalue weighted by Crippen LogP contribution is 2.18. The number of ether oxygens (including phenoxy) is 2. The molecule has 2 aromatic rings. The predicted molar refractivity (Wildman–Crippen MR) is 122 cm³/mol. The van der Waals surface area contributed by atoms with Gasteiger partial charge in [0, 0.05) is 25.7 Å². The summed E-state index contributed by atoms with van der Waals surface area (Å²) in [6.45, 7) is 5.56. The molecule has 0 amide bonds. The van der Waals surface area contributed by atoms with Crippen molar-refractivity contribution in [2.24, 2.45) is 4.99 Å². The lowest BCUT2D eigenvalue weighted by Crippen LogP contribution is -2.38. The molecule has 0 saturated heterocycles. The van der Waals surface area contributed by atoms with Gasteiger partial charge in [0.25, 0.3) is 0 Å². The normalized spacial score (nSPS) is 10.5. The third kappa shape index (κ3) is 7.50. The van der Waals surface area contributed by atoms with Crippen LogP contribution >= 0.6 is 24.0 Å². The van der Waals surface area contributed by atoms with Crippen LogP contribution < -0.4 is 20.1 Å². The molecule has 2 rings (SSSR count). The van der Waals surface area contributed by atoms with Gasteiger partial charge in [-0.1, -0.05) is 49.1 Å². The van der Waals surface area contributed by atoms with Crippen LogP contribution in [0.15, 0.2) is 66.2 Å². The van der Waals surface area contributed by atoms with Gasteiger partial charge in [-0.2, -0.15) is 0 Å². The molecule has 146 valence electrons. The van der Waals surface area contributed by atoms with Gasteiger partial charge < -0.3 is 20.1 Å². The highest BCUT2D eigenvalue weighted by Gasteiger charge is 2.05. The zero-order valence-corrected chi connectivity index (χ0v) is 18.2. The van der Waals surface area contributed by atoms with Crippen LogP contribution in [-0.4, -0.2) is 33.3 Å². The maximum Gasteiger partial charge on any atom is 0.191 e. The number of hydrogen-bond donors (Lipinski definition) is 2. The molecule has 6 heteroatoms. The summed E-state index contributed by atoms with van der Waals surface area (Å²) in [5, 5.41) is 6.65. The van der Waals surface area contributed by atoms with E-state index >= 15 is 0 Å². The second kappa shape index (κ2) is 13.0. The number of nitrogens with zero attached hydrogens (tertiary/aromatic N) is 1. The molecule has 0 heterocycles. The van der Waals surface area contributed by atoms with E-state index in [9.17, 15) is 0 Å². The number of para-hydroxylation sites is 2. The van der Waals surface area contributed by atoms with Crippen LogP contribution in [0.3, 0.4) is 0 Å². The number of hydrogen-bond acceptors (Lipinski definition) is 3. The summed E-state index contributed by atoms with van der Waals surface area (Å²) in [5.74, 6) is 2.51. The summed E-state index contributed by atoms with van der Waals surface area (Å²) in [4.78, 5) is 4.27. The standard InChI is InChI=1S/C21H27N3O2.HI/c1-4-15-26-20-12-8-6-10-18(20)16-24-21(22-2)23-14-13-17-9-5-7-11-19(17)25-3;/h4-12H,1,13-16H2,2-3H3,(H2,22,23,24);1H. The lowest BCUT2D eigenvalue weighted by molar-refractivity contribution is 0.358. The van der Waals surface area contributed by atoms with Gasteiger partial charge in [-0.15, -0.1) is 24.0 Å². The van der Waals surface area contributed by atoms with Gasteiger partial charge in [0.1, 0.15) is 18.1 Å². The van der Waals surface area contributed by atoms with Crippen LogP contribution in [0.25, 0.3) is 0 Å².